The summed E-state index contributed by atoms with van der Waals surface area (Å²) >= 11 is 0. The molecule has 0 heterocycles. The van der Waals surface area contributed by atoms with Crippen LogP contribution in [0.2, 0.25) is 0 Å². The minimum absolute atomic E-state index is 0.181. The Hall–Kier alpha value is -1.67. The molecular weight excluding hydrogens is 225 g/mol. The van der Waals surface area contributed by atoms with E-state index in [1.165, 1.54) is 17.7 Å². The summed E-state index contributed by atoms with van der Waals surface area (Å²) in [6.07, 6.45) is 0.910. The largest absolute Gasteiger partial charge is 0.312 e. The first-order chi connectivity index (χ1) is 8.74. The van der Waals surface area contributed by atoms with Gasteiger partial charge in [-0.3, -0.25) is 0 Å². The van der Waals surface area contributed by atoms with Crippen LogP contribution >= 0.6 is 0 Å². The number of nitrogens with one attached hydrogen (secondary N) is 1. The van der Waals surface area contributed by atoms with Crippen LogP contribution in [0.3, 0.4) is 0 Å². The lowest BCUT2D eigenvalue weighted by atomic mass is 10.1. The first-order valence-corrected chi connectivity index (χ1v) is 6.10. The molecule has 2 aromatic carbocycles. The van der Waals surface area contributed by atoms with Crippen molar-refractivity contribution in [3.63, 3.8) is 0 Å². The van der Waals surface area contributed by atoms with Gasteiger partial charge in [0, 0.05) is 6.54 Å². The predicted octanol–water partition coefficient (Wildman–Crippen LogP) is 3.34. The van der Waals surface area contributed by atoms with Crippen molar-refractivity contribution in [3.8, 4) is 0 Å². The summed E-state index contributed by atoms with van der Waals surface area (Å²) < 4.78 is 12.7. The fraction of sp³-hybridized carbons (Fsp3) is 0.188. The van der Waals surface area contributed by atoms with Crippen LogP contribution in [0.1, 0.15) is 16.7 Å². The Morgan fingerprint density at radius 2 is 1.50 bits per heavy atom. The molecule has 0 unspecified atom stereocenters. The van der Waals surface area contributed by atoms with Gasteiger partial charge in [0.2, 0.25) is 0 Å². The monoisotopic (exact) mass is 242 g/mol. The van der Waals surface area contributed by atoms with Crippen molar-refractivity contribution in [2.45, 2.75) is 13.0 Å². The summed E-state index contributed by atoms with van der Waals surface area (Å²) in [7, 11) is 0. The Morgan fingerprint density at radius 3 is 2.17 bits per heavy atom. The third-order valence-corrected chi connectivity index (χ3v) is 2.86. The van der Waals surface area contributed by atoms with Crippen LogP contribution in [0.15, 0.2) is 48.5 Å². The fourth-order valence-electron chi connectivity index (χ4n) is 1.77. The van der Waals surface area contributed by atoms with E-state index in [9.17, 15) is 4.39 Å². The van der Waals surface area contributed by atoms with E-state index in [-0.39, 0.29) is 5.82 Å². The van der Waals surface area contributed by atoms with E-state index in [0.717, 1.165) is 30.6 Å². The third-order valence-electron chi connectivity index (χ3n) is 2.86. The molecule has 2 rings (SSSR count). The zero-order valence-corrected chi connectivity index (χ0v) is 10.3. The van der Waals surface area contributed by atoms with Crippen molar-refractivity contribution in [1.29, 1.82) is 0 Å². The Labute approximate surface area is 108 Å². The van der Waals surface area contributed by atoms with Crippen molar-refractivity contribution in [2.75, 3.05) is 6.54 Å². The van der Waals surface area contributed by atoms with Crippen LogP contribution in [0.25, 0.3) is 0 Å². The molecule has 2 aromatic rings. The van der Waals surface area contributed by atoms with Crippen molar-refractivity contribution in [3.05, 3.63) is 78.0 Å². The molecule has 0 aliphatic heterocycles. The molecule has 0 aliphatic rings. The van der Waals surface area contributed by atoms with Gasteiger partial charge in [0.15, 0.2) is 0 Å². The highest BCUT2D eigenvalue weighted by molar-refractivity contribution is 5.24. The molecule has 1 radical (unpaired) electrons. The topological polar surface area (TPSA) is 12.0 Å². The van der Waals surface area contributed by atoms with Gasteiger partial charge in [0.1, 0.15) is 5.82 Å². The number of halogens is 1. The molecule has 0 spiro atoms. The average molecular weight is 242 g/mol. The van der Waals surface area contributed by atoms with E-state index < -0.39 is 0 Å². The SMILES string of the molecule is [CH2]c1ccc(CNCCc2ccc(F)cc2)cc1. The lowest BCUT2D eigenvalue weighted by Gasteiger charge is -2.05. The summed E-state index contributed by atoms with van der Waals surface area (Å²) in [6, 6.07) is 14.8. The lowest BCUT2D eigenvalue weighted by Crippen LogP contribution is -2.16. The second-order valence-corrected chi connectivity index (χ2v) is 4.37. The highest BCUT2D eigenvalue weighted by Gasteiger charge is 1.95. The predicted molar refractivity (Wildman–Crippen MR) is 72.7 cm³/mol. The van der Waals surface area contributed by atoms with Crippen molar-refractivity contribution in [2.24, 2.45) is 0 Å². The first kappa shape index (κ1) is 12.8. The molecule has 0 saturated heterocycles. The van der Waals surface area contributed by atoms with E-state index in [1.54, 1.807) is 0 Å². The molecule has 0 aromatic heterocycles. The van der Waals surface area contributed by atoms with Gasteiger partial charge in [-0.2, -0.15) is 0 Å². The van der Waals surface area contributed by atoms with Crippen molar-refractivity contribution < 1.29 is 4.39 Å². The van der Waals surface area contributed by atoms with Crippen molar-refractivity contribution >= 4 is 0 Å². The van der Waals surface area contributed by atoms with Gasteiger partial charge in [-0.1, -0.05) is 36.4 Å². The van der Waals surface area contributed by atoms with Gasteiger partial charge in [-0.05, 0) is 48.7 Å². The van der Waals surface area contributed by atoms with E-state index in [4.69, 9.17) is 0 Å². The van der Waals surface area contributed by atoms with Gasteiger partial charge in [-0.15, -0.1) is 0 Å². The molecule has 0 fully saturated rings. The summed E-state index contributed by atoms with van der Waals surface area (Å²) in [5, 5.41) is 3.37. The van der Waals surface area contributed by atoms with Crippen LogP contribution in [0.4, 0.5) is 4.39 Å². The average Bonchev–Trinajstić information content (AvgIpc) is 2.39. The number of hydrogen-bond acceptors (Lipinski definition) is 1. The minimum Gasteiger partial charge on any atom is -0.312 e. The van der Waals surface area contributed by atoms with Gasteiger partial charge in [0.25, 0.3) is 0 Å². The van der Waals surface area contributed by atoms with Crippen LogP contribution in [-0.4, -0.2) is 6.54 Å². The third kappa shape index (κ3) is 3.97. The van der Waals surface area contributed by atoms with Gasteiger partial charge in [0.05, 0.1) is 0 Å². The zero-order chi connectivity index (χ0) is 12.8. The molecule has 1 N–H and O–H groups in total. The van der Waals surface area contributed by atoms with Crippen LogP contribution in [-0.2, 0) is 13.0 Å². The summed E-state index contributed by atoms with van der Waals surface area (Å²) in [6.45, 7) is 5.59. The maximum atomic E-state index is 12.7. The van der Waals surface area contributed by atoms with Crippen LogP contribution < -0.4 is 5.32 Å². The van der Waals surface area contributed by atoms with Gasteiger partial charge >= 0.3 is 0 Å². The van der Waals surface area contributed by atoms with E-state index in [0.29, 0.717) is 0 Å². The maximum absolute atomic E-state index is 12.7. The molecule has 0 amide bonds. The highest BCUT2D eigenvalue weighted by atomic mass is 19.1. The van der Waals surface area contributed by atoms with E-state index in [2.05, 4.69) is 24.4 Å². The lowest BCUT2D eigenvalue weighted by molar-refractivity contribution is 0.626. The molecule has 0 atom stereocenters. The fourth-order valence-corrected chi connectivity index (χ4v) is 1.77. The van der Waals surface area contributed by atoms with Crippen molar-refractivity contribution in [1.82, 2.24) is 5.32 Å². The molecule has 93 valence electrons. The quantitative estimate of drug-likeness (QED) is 0.793. The van der Waals surface area contributed by atoms with Gasteiger partial charge < -0.3 is 5.32 Å². The molecular formula is C16H17FN. The Kier molecular flexibility index (Phi) is 4.48. The Morgan fingerprint density at radius 1 is 0.889 bits per heavy atom. The second kappa shape index (κ2) is 6.31. The van der Waals surface area contributed by atoms with E-state index in [1.807, 2.05) is 24.3 Å². The molecule has 2 heteroatoms. The number of benzene rings is 2. The standard InChI is InChI=1S/C16H17FN/c1-13-2-4-15(5-3-13)12-18-11-10-14-6-8-16(17)9-7-14/h2-9,18H,1,10-12H2. The minimum atomic E-state index is -0.181. The smallest absolute Gasteiger partial charge is 0.123 e. The number of hydrogen-bond donors (Lipinski definition) is 1. The van der Waals surface area contributed by atoms with E-state index >= 15 is 0 Å². The maximum Gasteiger partial charge on any atom is 0.123 e. The Bertz CT molecular complexity index is 426. The number of rotatable bonds is 5. The molecule has 0 saturated carbocycles. The molecule has 0 bridgehead atoms. The first-order valence-electron chi connectivity index (χ1n) is 6.10. The molecule has 0 aliphatic carbocycles. The van der Waals surface area contributed by atoms with Crippen LogP contribution in [0.5, 0.6) is 0 Å². The van der Waals surface area contributed by atoms with Crippen LogP contribution in [0, 0.1) is 12.7 Å². The summed E-state index contributed by atoms with van der Waals surface area (Å²) in [4.78, 5) is 0. The second-order valence-electron chi connectivity index (χ2n) is 4.37. The zero-order valence-electron chi connectivity index (χ0n) is 10.3. The molecule has 18 heavy (non-hydrogen) atoms. The summed E-state index contributed by atoms with van der Waals surface area (Å²) in [5.74, 6) is -0.181. The summed E-state index contributed by atoms with van der Waals surface area (Å²) in [5.41, 5.74) is 3.43. The highest BCUT2D eigenvalue weighted by Crippen LogP contribution is 2.04. The molecule has 1 nitrogen and oxygen atoms in total. The van der Waals surface area contributed by atoms with Gasteiger partial charge in [-0.25, -0.2) is 4.39 Å². The normalized spacial score (nSPS) is 10.6. The Balaban J connectivity index is 1.73.